The van der Waals surface area contributed by atoms with Gasteiger partial charge in [0.15, 0.2) is 0 Å². The maximum absolute atomic E-state index is 5.83. The number of aromatic nitrogens is 2. The van der Waals surface area contributed by atoms with Crippen molar-refractivity contribution >= 4 is 28.3 Å². The van der Waals surface area contributed by atoms with E-state index in [2.05, 4.69) is 9.97 Å². The van der Waals surface area contributed by atoms with Crippen molar-refractivity contribution in [3.05, 3.63) is 29.0 Å². The fraction of sp³-hybridized carbons (Fsp3) is 0.111. The molecule has 0 radical (unpaired) electrons. The Hall–Kier alpha value is -1.39. The lowest BCUT2D eigenvalue weighted by molar-refractivity contribution is 0.931. The van der Waals surface area contributed by atoms with Gasteiger partial charge in [0.05, 0.1) is 12.1 Å². The van der Waals surface area contributed by atoms with Crippen LogP contribution in [-0.4, -0.2) is 9.97 Å². The molecular formula is C9H9ClN4. The predicted molar refractivity (Wildman–Crippen MR) is 56.9 cm³/mol. The van der Waals surface area contributed by atoms with Crippen LogP contribution in [0, 0.1) is 0 Å². The Bertz CT molecular complexity index is 483. The molecule has 1 aromatic heterocycles. The lowest BCUT2D eigenvalue weighted by atomic mass is 10.2. The predicted octanol–water partition coefficient (Wildman–Crippen LogP) is 1.32. The van der Waals surface area contributed by atoms with Crippen molar-refractivity contribution in [3.8, 4) is 0 Å². The summed E-state index contributed by atoms with van der Waals surface area (Å²) in [6.45, 7) is 0.281. The molecule has 1 heterocycles. The van der Waals surface area contributed by atoms with E-state index < -0.39 is 0 Å². The zero-order valence-electron chi connectivity index (χ0n) is 7.37. The zero-order valence-corrected chi connectivity index (χ0v) is 8.12. The molecule has 2 aromatic rings. The number of nitrogens with zero attached hydrogens (tertiary/aromatic N) is 2. The monoisotopic (exact) mass is 208 g/mol. The summed E-state index contributed by atoms with van der Waals surface area (Å²) in [6, 6.07) is 5.30. The average Bonchev–Trinajstić information content (AvgIpc) is 2.19. The molecule has 0 spiro atoms. The van der Waals surface area contributed by atoms with E-state index in [9.17, 15) is 0 Å². The Morgan fingerprint density at radius 2 is 2.07 bits per heavy atom. The van der Waals surface area contributed by atoms with Crippen LogP contribution in [0.25, 0.3) is 10.9 Å². The molecule has 0 amide bonds. The van der Waals surface area contributed by atoms with Crippen molar-refractivity contribution in [1.82, 2.24) is 9.97 Å². The molecule has 0 atom stereocenters. The highest BCUT2D eigenvalue weighted by Gasteiger charge is 2.04. The first-order chi connectivity index (χ1) is 6.70. The van der Waals surface area contributed by atoms with Crippen LogP contribution in [0.3, 0.4) is 0 Å². The Balaban J connectivity index is 2.76. The first-order valence-electron chi connectivity index (χ1n) is 4.12. The van der Waals surface area contributed by atoms with Gasteiger partial charge in [-0.05, 0) is 18.2 Å². The molecule has 0 bridgehead atoms. The van der Waals surface area contributed by atoms with E-state index in [0.29, 0.717) is 16.7 Å². The summed E-state index contributed by atoms with van der Waals surface area (Å²) in [5.74, 6) is 0.954. The van der Waals surface area contributed by atoms with E-state index >= 15 is 0 Å². The van der Waals surface area contributed by atoms with Gasteiger partial charge in [0.2, 0.25) is 0 Å². The SMILES string of the molecule is NCc1nc(N)c2cc(Cl)ccc2n1. The van der Waals surface area contributed by atoms with Crippen LogP contribution in [-0.2, 0) is 6.54 Å². The summed E-state index contributed by atoms with van der Waals surface area (Å²) in [7, 11) is 0. The third-order valence-corrected chi connectivity index (χ3v) is 2.15. The molecule has 0 saturated carbocycles. The number of hydrogen-bond acceptors (Lipinski definition) is 4. The molecule has 0 aliphatic carbocycles. The standard InChI is InChI=1S/C9H9ClN4/c10-5-1-2-7-6(3-5)9(12)14-8(4-11)13-7/h1-3H,4,11H2,(H2,12,13,14). The van der Waals surface area contributed by atoms with Crippen LogP contribution in [0.2, 0.25) is 5.02 Å². The number of nitrogens with two attached hydrogens (primary N) is 2. The van der Waals surface area contributed by atoms with E-state index in [0.717, 1.165) is 10.9 Å². The summed E-state index contributed by atoms with van der Waals surface area (Å²) in [5.41, 5.74) is 11.9. The van der Waals surface area contributed by atoms with Gasteiger partial charge >= 0.3 is 0 Å². The van der Waals surface area contributed by atoms with Crippen molar-refractivity contribution in [2.75, 3.05) is 5.73 Å². The second kappa shape index (κ2) is 3.40. The summed E-state index contributed by atoms with van der Waals surface area (Å²) < 4.78 is 0. The number of anilines is 1. The van der Waals surface area contributed by atoms with Crippen molar-refractivity contribution < 1.29 is 0 Å². The Labute approximate surface area is 85.9 Å². The minimum absolute atomic E-state index is 0.281. The van der Waals surface area contributed by atoms with Crippen molar-refractivity contribution in [2.24, 2.45) is 5.73 Å². The number of halogens is 1. The second-order valence-corrected chi connectivity index (χ2v) is 3.33. The van der Waals surface area contributed by atoms with E-state index in [-0.39, 0.29) is 6.54 Å². The first kappa shape index (κ1) is 9.18. The highest BCUT2D eigenvalue weighted by Crippen LogP contribution is 2.21. The average molecular weight is 209 g/mol. The smallest absolute Gasteiger partial charge is 0.144 e. The van der Waals surface area contributed by atoms with Crippen LogP contribution in [0.15, 0.2) is 18.2 Å². The third-order valence-electron chi connectivity index (χ3n) is 1.92. The van der Waals surface area contributed by atoms with Gasteiger partial charge in [-0.1, -0.05) is 11.6 Å². The van der Waals surface area contributed by atoms with Gasteiger partial charge in [-0.3, -0.25) is 0 Å². The molecule has 0 aliphatic rings. The first-order valence-corrected chi connectivity index (χ1v) is 4.50. The molecule has 1 aromatic carbocycles. The van der Waals surface area contributed by atoms with Gasteiger partial charge in [0.25, 0.3) is 0 Å². The maximum atomic E-state index is 5.83. The van der Waals surface area contributed by atoms with Gasteiger partial charge in [0.1, 0.15) is 11.6 Å². The molecule has 14 heavy (non-hydrogen) atoms. The second-order valence-electron chi connectivity index (χ2n) is 2.89. The van der Waals surface area contributed by atoms with E-state index in [4.69, 9.17) is 23.1 Å². The molecule has 4 N–H and O–H groups in total. The lowest BCUT2D eigenvalue weighted by Gasteiger charge is -2.03. The fourth-order valence-electron chi connectivity index (χ4n) is 1.27. The largest absolute Gasteiger partial charge is 0.383 e. The molecule has 5 heteroatoms. The quantitative estimate of drug-likeness (QED) is 0.741. The number of benzene rings is 1. The zero-order chi connectivity index (χ0) is 10.1. The highest BCUT2D eigenvalue weighted by atomic mass is 35.5. The molecule has 4 nitrogen and oxygen atoms in total. The normalized spacial score (nSPS) is 10.7. The van der Waals surface area contributed by atoms with Gasteiger partial charge in [0, 0.05) is 10.4 Å². The Morgan fingerprint density at radius 3 is 2.79 bits per heavy atom. The minimum Gasteiger partial charge on any atom is -0.383 e. The minimum atomic E-state index is 0.281. The van der Waals surface area contributed by atoms with Crippen LogP contribution >= 0.6 is 11.6 Å². The van der Waals surface area contributed by atoms with Crippen LogP contribution < -0.4 is 11.5 Å². The topological polar surface area (TPSA) is 77.8 Å². The van der Waals surface area contributed by atoms with E-state index in [1.807, 2.05) is 0 Å². The summed E-state index contributed by atoms with van der Waals surface area (Å²) >= 11 is 5.83. The molecule has 0 saturated heterocycles. The fourth-order valence-corrected chi connectivity index (χ4v) is 1.44. The Kier molecular flexibility index (Phi) is 2.23. The summed E-state index contributed by atoms with van der Waals surface area (Å²) in [6.07, 6.45) is 0. The van der Waals surface area contributed by atoms with Crippen molar-refractivity contribution in [1.29, 1.82) is 0 Å². The van der Waals surface area contributed by atoms with Gasteiger partial charge in [-0.25, -0.2) is 9.97 Å². The van der Waals surface area contributed by atoms with Gasteiger partial charge in [-0.15, -0.1) is 0 Å². The van der Waals surface area contributed by atoms with E-state index in [1.165, 1.54) is 0 Å². The molecular weight excluding hydrogens is 200 g/mol. The number of nitrogen functional groups attached to an aromatic ring is 1. The Morgan fingerprint density at radius 1 is 1.29 bits per heavy atom. The number of fused-ring (bicyclic) bond motifs is 1. The van der Waals surface area contributed by atoms with E-state index in [1.54, 1.807) is 18.2 Å². The van der Waals surface area contributed by atoms with Crippen molar-refractivity contribution in [2.45, 2.75) is 6.54 Å². The molecule has 2 rings (SSSR count). The van der Waals surface area contributed by atoms with Gasteiger partial charge < -0.3 is 11.5 Å². The third kappa shape index (κ3) is 1.49. The van der Waals surface area contributed by atoms with Gasteiger partial charge in [-0.2, -0.15) is 0 Å². The molecule has 0 aliphatic heterocycles. The van der Waals surface area contributed by atoms with Crippen LogP contribution in [0.5, 0.6) is 0 Å². The van der Waals surface area contributed by atoms with Crippen LogP contribution in [0.1, 0.15) is 5.82 Å². The highest BCUT2D eigenvalue weighted by molar-refractivity contribution is 6.31. The summed E-state index contributed by atoms with van der Waals surface area (Å²) in [5, 5.41) is 1.38. The molecule has 72 valence electrons. The van der Waals surface area contributed by atoms with Crippen molar-refractivity contribution in [3.63, 3.8) is 0 Å². The lowest BCUT2D eigenvalue weighted by Crippen LogP contribution is -2.05. The number of rotatable bonds is 1. The number of hydrogen-bond donors (Lipinski definition) is 2. The maximum Gasteiger partial charge on any atom is 0.144 e. The van der Waals surface area contributed by atoms with Crippen LogP contribution in [0.4, 0.5) is 5.82 Å². The molecule has 0 fully saturated rings. The summed E-state index contributed by atoms with van der Waals surface area (Å²) in [4.78, 5) is 8.26. The molecule has 0 unspecified atom stereocenters.